The van der Waals surface area contributed by atoms with Crippen LogP contribution in [0.2, 0.25) is 0 Å². The summed E-state index contributed by atoms with van der Waals surface area (Å²) >= 11 is 2.09. The third-order valence-corrected chi connectivity index (χ3v) is 7.03. The van der Waals surface area contributed by atoms with Crippen LogP contribution in [0.3, 0.4) is 0 Å². The third kappa shape index (κ3) is 1.08. The molecule has 88 valence electrons. The lowest BCUT2D eigenvalue weighted by atomic mass is 9.56. The maximum atomic E-state index is 11.2. The van der Waals surface area contributed by atoms with Crippen molar-refractivity contribution in [1.29, 1.82) is 0 Å². The first-order valence-corrected chi connectivity index (χ1v) is 7.59. The molecule has 1 aliphatic heterocycles. The van der Waals surface area contributed by atoms with E-state index < -0.39 is 0 Å². The first-order valence-electron chi connectivity index (χ1n) is 6.54. The van der Waals surface area contributed by atoms with Gasteiger partial charge in [0.15, 0.2) is 0 Å². The fourth-order valence-electron chi connectivity index (χ4n) is 4.95. The maximum Gasteiger partial charge on any atom is 0.302 e. The number of ether oxygens (including phenoxy) is 1. The molecule has 3 aliphatic carbocycles. The molecule has 3 saturated carbocycles. The van der Waals surface area contributed by atoms with Gasteiger partial charge in [-0.05, 0) is 48.7 Å². The first-order chi connectivity index (χ1) is 7.75. The summed E-state index contributed by atoms with van der Waals surface area (Å²) in [5.74, 6) is 5.71. The molecule has 16 heavy (non-hydrogen) atoms. The van der Waals surface area contributed by atoms with Crippen molar-refractivity contribution < 1.29 is 9.53 Å². The Morgan fingerprint density at radius 1 is 1.25 bits per heavy atom. The van der Waals surface area contributed by atoms with Gasteiger partial charge >= 0.3 is 5.97 Å². The Balaban J connectivity index is 1.65. The Labute approximate surface area is 100 Å². The van der Waals surface area contributed by atoms with Gasteiger partial charge in [0.25, 0.3) is 0 Å². The summed E-state index contributed by atoms with van der Waals surface area (Å²) in [6.45, 7) is 1.56. The summed E-state index contributed by atoms with van der Waals surface area (Å²) in [5, 5.41) is 0.647. The molecule has 0 N–H and O–H groups in total. The van der Waals surface area contributed by atoms with Crippen molar-refractivity contribution in [3.8, 4) is 0 Å². The zero-order valence-corrected chi connectivity index (χ0v) is 10.4. The van der Waals surface area contributed by atoms with Crippen LogP contribution in [-0.4, -0.2) is 23.1 Å². The molecule has 7 atom stereocenters. The van der Waals surface area contributed by atoms with E-state index in [-0.39, 0.29) is 12.1 Å². The highest BCUT2D eigenvalue weighted by Crippen LogP contribution is 2.67. The number of carbonyl (C=O) groups excluding carboxylic acids is 1. The zero-order chi connectivity index (χ0) is 10.9. The minimum atomic E-state index is -0.0730. The van der Waals surface area contributed by atoms with E-state index in [0.29, 0.717) is 5.25 Å². The Bertz CT molecular complexity index is 343. The van der Waals surface area contributed by atoms with Crippen LogP contribution in [0.15, 0.2) is 0 Å². The quantitative estimate of drug-likeness (QED) is 0.656. The minimum Gasteiger partial charge on any atom is -0.461 e. The van der Waals surface area contributed by atoms with Crippen molar-refractivity contribution in [3.05, 3.63) is 0 Å². The Hall–Kier alpha value is -0.180. The number of hydrogen-bond acceptors (Lipinski definition) is 3. The van der Waals surface area contributed by atoms with E-state index in [0.717, 1.165) is 29.6 Å². The average Bonchev–Trinajstić information content (AvgIpc) is 2.69. The van der Waals surface area contributed by atoms with E-state index in [1.165, 1.54) is 25.0 Å². The van der Waals surface area contributed by atoms with Crippen LogP contribution in [0.1, 0.15) is 26.2 Å². The molecule has 0 aromatic carbocycles. The molecule has 0 aromatic heterocycles. The maximum absolute atomic E-state index is 11.2. The standard InChI is InChI=1S/C13H18O2S/c1-6(14)15-12-9-4-7-2-3-8-5-16-13(12)11(8)10(7)9/h7-13H,2-5H2,1H3/t7-,8+,9+,10-,11-,12+,13+/m0/s1. The monoisotopic (exact) mass is 238 g/mol. The number of thioether (sulfide) groups is 1. The molecule has 0 radical (unpaired) electrons. The summed E-state index contributed by atoms with van der Waals surface area (Å²) in [4.78, 5) is 11.2. The molecule has 1 heterocycles. The van der Waals surface area contributed by atoms with Crippen molar-refractivity contribution in [2.75, 3.05) is 5.75 Å². The normalized spacial score (nSPS) is 56.7. The molecule has 4 aliphatic rings. The summed E-state index contributed by atoms with van der Waals surface area (Å²) in [7, 11) is 0. The lowest BCUT2D eigenvalue weighted by Crippen LogP contribution is -2.45. The van der Waals surface area contributed by atoms with Gasteiger partial charge in [0.05, 0.1) is 0 Å². The molecule has 4 fully saturated rings. The fraction of sp³-hybridized carbons (Fsp3) is 0.923. The minimum absolute atomic E-state index is 0.0730. The van der Waals surface area contributed by atoms with Crippen LogP contribution in [0, 0.1) is 29.6 Å². The average molecular weight is 238 g/mol. The second-order valence-corrected chi connectivity index (χ2v) is 7.23. The fourth-order valence-corrected chi connectivity index (χ4v) is 6.88. The lowest BCUT2D eigenvalue weighted by Gasteiger charge is -2.49. The number of carbonyl (C=O) groups is 1. The molecule has 0 spiro atoms. The van der Waals surface area contributed by atoms with Crippen LogP contribution in [-0.2, 0) is 9.53 Å². The van der Waals surface area contributed by atoms with Crippen LogP contribution >= 0.6 is 11.8 Å². The Kier molecular flexibility index (Phi) is 1.95. The largest absolute Gasteiger partial charge is 0.461 e. The second-order valence-electron chi connectivity index (χ2n) is 6.02. The summed E-state index contributed by atoms with van der Waals surface area (Å²) < 4.78 is 5.62. The highest BCUT2D eigenvalue weighted by Gasteiger charge is 2.65. The van der Waals surface area contributed by atoms with Gasteiger partial charge in [-0.3, -0.25) is 4.79 Å². The predicted octanol–water partition coefficient (Wildman–Crippen LogP) is 2.33. The van der Waals surface area contributed by atoms with E-state index in [2.05, 4.69) is 11.8 Å². The first kappa shape index (κ1) is 9.81. The van der Waals surface area contributed by atoms with E-state index in [1.54, 1.807) is 6.92 Å². The number of esters is 1. The highest BCUT2D eigenvalue weighted by molar-refractivity contribution is 8.00. The van der Waals surface area contributed by atoms with Crippen molar-refractivity contribution in [2.45, 2.75) is 37.5 Å². The lowest BCUT2D eigenvalue weighted by molar-refractivity contribution is -0.151. The summed E-state index contributed by atoms with van der Waals surface area (Å²) in [6, 6.07) is 0. The van der Waals surface area contributed by atoms with Crippen molar-refractivity contribution in [2.24, 2.45) is 29.6 Å². The zero-order valence-electron chi connectivity index (χ0n) is 9.59. The van der Waals surface area contributed by atoms with Gasteiger partial charge in [-0.25, -0.2) is 0 Å². The molecular weight excluding hydrogens is 220 g/mol. The van der Waals surface area contributed by atoms with Gasteiger partial charge in [-0.1, -0.05) is 0 Å². The van der Waals surface area contributed by atoms with E-state index in [1.807, 2.05) is 0 Å². The van der Waals surface area contributed by atoms with Crippen molar-refractivity contribution >= 4 is 17.7 Å². The summed E-state index contributed by atoms with van der Waals surface area (Å²) in [5.41, 5.74) is 0. The molecule has 4 rings (SSSR count). The Morgan fingerprint density at radius 3 is 2.88 bits per heavy atom. The Morgan fingerprint density at radius 2 is 2.06 bits per heavy atom. The predicted molar refractivity (Wildman–Crippen MR) is 63.1 cm³/mol. The molecule has 0 aromatic rings. The van der Waals surface area contributed by atoms with E-state index in [4.69, 9.17) is 4.74 Å². The topological polar surface area (TPSA) is 26.3 Å². The van der Waals surface area contributed by atoms with E-state index in [9.17, 15) is 4.79 Å². The van der Waals surface area contributed by atoms with Gasteiger partial charge in [0.2, 0.25) is 0 Å². The molecule has 1 saturated heterocycles. The van der Waals surface area contributed by atoms with E-state index >= 15 is 0 Å². The number of rotatable bonds is 1. The van der Waals surface area contributed by atoms with Gasteiger partial charge in [-0.15, -0.1) is 0 Å². The molecule has 0 unspecified atom stereocenters. The molecule has 2 nitrogen and oxygen atoms in total. The van der Waals surface area contributed by atoms with Crippen molar-refractivity contribution in [1.82, 2.24) is 0 Å². The molecule has 0 bridgehead atoms. The molecule has 3 heteroatoms. The van der Waals surface area contributed by atoms with Gasteiger partial charge in [-0.2, -0.15) is 11.8 Å². The second kappa shape index (κ2) is 3.18. The third-order valence-electron chi connectivity index (χ3n) is 5.44. The summed E-state index contributed by atoms with van der Waals surface area (Å²) in [6.07, 6.45) is 4.48. The van der Waals surface area contributed by atoms with Gasteiger partial charge in [0.1, 0.15) is 6.10 Å². The molecule has 0 amide bonds. The van der Waals surface area contributed by atoms with Crippen LogP contribution < -0.4 is 0 Å². The SMILES string of the molecule is CC(=O)O[C@@H]1[C@@H]2C[C@@H]3CC[C@@H]4CS[C@@H]1[C@@H]4[C@@H]32. The number of hydrogen-bond donors (Lipinski definition) is 0. The van der Waals surface area contributed by atoms with Crippen LogP contribution in [0.4, 0.5) is 0 Å². The van der Waals surface area contributed by atoms with Crippen LogP contribution in [0.5, 0.6) is 0 Å². The van der Waals surface area contributed by atoms with Gasteiger partial charge < -0.3 is 4.74 Å². The van der Waals surface area contributed by atoms with Crippen LogP contribution in [0.25, 0.3) is 0 Å². The van der Waals surface area contributed by atoms with Crippen molar-refractivity contribution in [3.63, 3.8) is 0 Å². The van der Waals surface area contributed by atoms with Gasteiger partial charge in [0, 0.05) is 18.1 Å². The smallest absolute Gasteiger partial charge is 0.302 e. The molecular formula is C13H18O2S. The highest BCUT2D eigenvalue weighted by atomic mass is 32.2.